The van der Waals surface area contributed by atoms with Gasteiger partial charge in [-0.05, 0) is 87.8 Å². The molecule has 0 bridgehead atoms. The fourth-order valence-electron chi connectivity index (χ4n) is 8.52. The minimum atomic E-state index is 0.244. The number of thiophene rings is 1. The lowest BCUT2D eigenvalue weighted by Crippen LogP contribution is -2.28. The molecule has 2 aromatic heterocycles. The van der Waals surface area contributed by atoms with Crippen LogP contribution in [0, 0.1) is 0 Å². The van der Waals surface area contributed by atoms with Gasteiger partial charge in [0, 0.05) is 38.2 Å². The number of anilines is 2. The molecule has 1 atom stereocenters. The summed E-state index contributed by atoms with van der Waals surface area (Å²) in [6, 6.07) is 65.4. The van der Waals surface area contributed by atoms with Crippen LogP contribution in [-0.2, 0) is 0 Å². The van der Waals surface area contributed by atoms with Gasteiger partial charge in [-0.25, -0.2) is 9.97 Å². The van der Waals surface area contributed by atoms with Gasteiger partial charge in [0.25, 0.3) is 0 Å². The van der Waals surface area contributed by atoms with Gasteiger partial charge in [-0.15, -0.1) is 11.3 Å². The molecule has 0 spiro atoms. The summed E-state index contributed by atoms with van der Waals surface area (Å²) in [4.78, 5) is 13.1. The van der Waals surface area contributed by atoms with Crippen LogP contribution >= 0.6 is 11.3 Å². The number of benzene rings is 7. The average molecular weight is 734 g/mol. The molecular weight excluding hydrogens is 699 g/mol. The number of hydrogen-bond acceptors (Lipinski definition) is 4. The Balaban J connectivity index is 1.000. The predicted molar refractivity (Wildman–Crippen MR) is 236 cm³/mol. The summed E-state index contributed by atoms with van der Waals surface area (Å²) in [5, 5.41) is 1.15. The van der Waals surface area contributed by atoms with Gasteiger partial charge in [-0.1, -0.05) is 152 Å². The normalized spacial score (nSPS) is 14.7. The summed E-state index contributed by atoms with van der Waals surface area (Å²) in [6.45, 7) is 0. The molecule has 9 aromatic rings. The van der Waals surface area contributed by atoms with Gasteiger partial charge in [-0.2, -0.15) is 0 Å². The van der Waals surface area contributed by atoms with Crippen molar-refractivity contribution in [3.8, 4) is 44.9 Å². The number of aromatic nitrogens is 2. The first kappa shape index (κ1) is 32.5. The maximum atomic E-state index is 5.29. The largest absolute Gasteiger partial charge is 0.333 e. The molecule has 0 saturated heterocycles. The molecular formula is C52H35N3S. The van der Waals surface area contributed by atoms with Crippen LogP contribution in [0.15, 0.2) is 194 Å². The molecule has 0 saturated carbocycles. The van der Waals surface area contributed by atoms with Crippen LogP contribution in [0.3, 0.4) is 0 Å². The molecule has 1 unspecified atom stereocenters. The highest BCUT2D eigenvalue weighted by atomic mass is 32.1. The van der Waals surface area contributed by atoms with E-state index >= 15 is 0 Å². The third-order valence-corrected chi connectivity index (χ3v) is 12.4. The Morgan fingerprint density at radius 2 is 1.12 bits per heavy atom. The fraction of sp³-hybridized carbons (Fsp3) is 0.0385. The van der Waals surface area contributed by atoms with Crippen LogP contribution in [0.25, 0.3) is 76.3 Å². The van der Waals surface area contributed by atoms with Crippen molar-refractivity contribution < 1.29 is 0 Å². The van der Waals surface area contributed by atoms with Crippen molar-refractivity contribution in [1.29, 1.82) is 0 Å². The maximum absolute atomic E-state index is 5.29. The standard InChI is InChI=1S/C52H35N3S/c1-4-14-34(15-5-1)36-18-13-21-41(31-36)49-51-50(54-52(53-49)35-16-6-2-7-17-35)45-32-39(27-29-48(45)56-51)37-19-12-20-38(30-37)40-26-28-44-43-24-10-11-25-46(43)55(47(44)33-40)42-22-8-3-9-23-42/h1-32,47H,33H2. The summed E-state index contributed by atoms with van der Waals surface area (Å²) < 4.78 is 2.31. The van der Waals surface area contributed by atoms with Gasteiger partial charge in [0.2, 0.25) is 0 Å². The van der Waals surface area contributed by atoms with Crippen molar-refractivity contribution in [2.45, 2.75) is 12.5 Å². The molecule has 0 amide bonds. The van der Waals surface area contributed by atoms with Gasteiger partial charge < -0.3 is 4.90 Å². The molecule has 0 fully saturated rings. The average Bonchev–Trinajstić information content (AvgIpc) is 3.82. The fourth-order valence-corrected chi connectivity index (χ4v) is 9.65. The van der Waals surface area contributed by atoms with E-state index in [0.717, 1.165) is 44.7 Å². The van der Waals surface area contributed by atoms with Gasteiger partial charge in [0.15, 0.2) is 5.82 Å². The van der Waals surface area contributed by atoms with Crippen LogP contribution < -0.4 is 4.90 Å². The first-order valence-corrected chi connectivity index (χ1v) is 20.0. The highest BCUT2D eigenvalue weighted by molar-refractivity contribution is 7.26. The van der Waals surface area contributed by atoms with Crippen LogP contribution in [0.5, 0.6) is 0 Å². The van der Waals surface area contributed by atoms with E-state index in [1.165, 1.54) is 60.6 Å². The zero-order valence-corrected chi connectivity index (χ0v) is 31.3. The van der Waals surface area contributed by atoms with Crippen molar-refractivity contribution in [1.82, 2.24) is 9.97 Å². The Morgan fingerprint density at radius 1 is 0.500 bits per heavy atom. The van der Waals surface area contributed by atoms with E-state index in [1.807, 2.05) is 6.07 Å². The highest BCUT2D eigenvalue weighted by Gasteiger charge is 2.36. The third kappa shape index (κ3) is 5.57. The van der Waals surface area contributed by atoms with Gasteiger partial charge in [0.05, 0.1) is 22.0 Å². The second-order valence-corrected chi connectivity index (χ2v) is 15.6. The highest BCUT2D eigenvalue weighted by Crippen LogP contribution is 2.49. The van der Waals surface area contributed by atoms with Crippen LogP contribution in [0.4, 0.5) is 11.4 Å². The van der Waals surface area contributed by atoms with E-state index in [0.29, 0.717) is 0 Å². The van der Waals surface area contributed by atoms with Crippen molar-refractivity contribution >= 4 is 54.2 Å². The SMILES string of the molecule is C1=C(c2cccc(-c3ccc4sc5c(-c6cccc(-c7ccccc7)c6)nc(-c6ccccc6)nc5c4c3)c2)CC2C(=C1)c1ccccc1N2c1ccccc1. The molecule has 3 heterocycles. The molecule has 11 rings (SSSR count). The van der Waals surface area contributed by atoms with Crippen LogP contribution in [0.2, 0.25) is 0 Å². The van der Waals surface area contributed by atoms with E-state index in [9.17, 15) is 0 Å². The molecule has 1 aliphatic heterocycles. The summed E-state index contributed by atoms with van der Waals surface area (Å²) in [6.07, 6.45) is 5.61. The van der Waals surface area contributed by atoms with Crippen LogP contribution in [-0.4, -0.2) is 16.0 Å². The second kappa shape index (κ2) is 13.5. The molecule has 1 aliphatic carbocycles. The third-order valence-electron chi connectivity index (χ3n) is 11.2. The van der Waals surface area contributed by atoms with Crippen molar-refractivity contribution in [3.63, 3.8) is 0 Å². The smallest absolute Gasteiger partial charge is 0.160 e. The number of rotatable bonds is 6. The lowest BCUT2D eigenvalue weighted by molar-refractivity contribution is 0.841. The lowest BCUT2D eigenvalue weighted by Gasteiger charge is -2.30. The molecule has 0 radical (unpaired) electrons. The Morgan fingerprint density at radius 3 is 1.93 bits per heavy atom. The molecule has 4 heteroatoms. The zero-order chi connectivity index (χ0) is 37.0. The Labute approximate surface area is 330 Å². The first-order chi connectivity index (χ1) is 27.7. The van der Waals surface area contributed by atoms with Gasteiger partial charge in [-0.3, -0.25) is 0 Å². The van der Waals surface area contributed by atoms with E-state index < -0.39 is 0 Å². The Kier molecular flexibility index (Phi) is 7.82. The molecule has 0 N–H and O–H groups in total. The predicted octanol–water partition coefficient (Wildman–Crippen LogP) is 13.9. The van der Waals surface area contributed by atoms with E-state index in [2.05, 4.69) is 193 Å². The van der Waals surface area contributed by atoms with Crippen LogP contribution in [0.1, 0.15) is 17.5 Å². The number of fused-ring (bicyclic) bond motifs is 6. The lowest BCUT2D eigenvalue weighted by atomic mass is 9.87. The Hall–Kier alpha value is -6.88. The molecule has 2 aliphatic rings. The quantitative estimate of drug-likeness (QED) is 0.170. The van der Waals surface area contributed by atoms with Crippen molar-refractivity contribution in [3.05, 3.63) is 205 Å². The summed E-state index contributed by atoms with van der Waals surface area (Å²) in [5.41, 5.74) is 16.6. The summed E-state index contributed by atoms with van der Waals surface area (Å²) in [7, 11) is 0. The van der Waals surface area contributed by atoms with Gasteiger partial charge >= 0.3 is 0 Å². The number of allylic oxidation sites excluding steroid dienone is 2. The molecule has 56 heavy (non-hydrogen) atoms. The van der Waals surface area contributed by atoms with E-state index in [4.69, 9.17) is 9.97 Å². The number of hydrogen-bond donors (Lipinski definition) is 0. The van der Waals surface area contributed by atoms with E-state index in [1.54, 1.807) is 11.3 Å². The van der Waals surface area contributed by atoms with Crippen molar-refractivity contribution in [2.75, 3.05) is 4.90 Å². The minimum Gasteiger partial charge on any atom is -0.333 e. The summed E-state index contributed by atoms with van der Waals surface area (Å²) >= 11 is 1.78. The summed E-state index contributed by atoms with van der Waals surface area (Å²) in [5.74, 6) is 0.737. The zero-order valence-electron chi connectivity index (χ0n) is 30.5. The minimum absolute atomic E-state index is 0.244. The Bertz CT molecular complexity index is 3000. The monoisotopic (exact) mass is 733 g/mol. The first-order valence-electron chi connectivity index (χ1n) is 19.2. The molecule has 264 valence electrons. The molecule has 7 aromatic carbocycles. The maximum Gasteiger partial charge on any atom is 0.160 e. The number of nitrogens with zero attached hydrogens (tertiary/aromatic N) is 3. The van der Waals surface area contributed by atoms with E-state index in [-0.39, 0.29) is 6.04 Å². The second-order valence-electron chi connectivity index (χ2n) is 14.5. The number of para-hydroxylation sites is 2. The van der Waals surface area contributed by atoms with Gasteiger partial charge in [0.1, 0.15) is 0 Å². The molecule has 3 nitrogen and oxygen atoms in total. The van der Waals surface area contributed by atoms with Crippen molar-refractivity contribution in [2.24, 2.45) is 0 Å². The topological polar surface area (TPSA) is 29.0 Å².